The van der Waals surface area contributed by atoms with Gasteiger partial charge in [0, 0.05) is 6.20 Å². The zero-order chi connectivity index (χ0) is 21.6. The fourth-order valence-corrected chi connectivity index (χ4v) is 4.05. The molecule has 0 aliphatic carbocycles. The molecule has 0 spiro atoms. The summed E-state index contributed by atoms with van der Waals surface area (Å²) in [6.07, 6.45) is -3.96. The third-order valence-corrected chi connectivity index (χ3v) is 5.86. The maximum absolute atomic E-state index is 12.7. The van der Waals surface area contributed by atoms with Gasteiger partial charge in [-0.25, -0.2) is 13.4 Å². The highest BCUT2D eigenvalue weighted by Gasteiger charge is 2.40. The summed E-state index contributed by atoms with van der Waals surface area (Å²) >= 11 is 0. The van der Waals surface area contributed by atoms with Gasteiger partial charge < -0.3 is 20.5 Å². The van der Waals surface area contributed by atoms with Crippen LogP contribution in [0, 0.1) is 0 Å². The van der Waals surface area contributed by atoms with Crippen LogP contribution in [0.4, 0.5) is 18.9 Å². The Kier molecular flexibility index (Phi) is 4.95. The van der Waals surface area contributed by atoms with Crippen LogP contribution in [0.1, 0.15) is 17.4 Å². The van der Waals surface area contributed by atoms with Crippen LogP contribution in [-0.4, -0.2) is 54.4 Å². The number of ether oxygens (including phenoxy) is 1. The summed E-state index contributed by atoms with van der Waals surface area (Å²) in [4.78, 5) is 16.9. The number of carbonyl (C=O) groups is 1. The van der Waals surface area contributed by atoms with E-state index < -0.39 is 33.5 Å². The maximum Gasteiger partial charge on any atom is 0.573 e. The van der Waals surface area contributed by atoms with Crippen molar-refractivity contribution in [2.45, 2.75) is 28.7 Å². The number of hydrogen-bond donors (Lipinski definition) is 2. The Morgan fingerprint density at radius 1 is 1.24 bits per heavy atom. The lowest BCUT2D eigenvalue weighted by Gasteiger charge is -2.43. The molecule has 0 saturated carbocycles. The number of nitrogens with zero attached hydrogens (tertiary/aromatic N) is 2. The average Bonchev–Trinajstić information content (AvgIpc) is 2.58. The monoisotopic (exact) mass is 431 g/mol. The van der Waals surface area contributed by atoms with E-state index in [-0.39, 0.29) is 34.3 Å². The standard InChI is InChI=1S/C17H16F3N3O5S/c1-16(25)8-23(9-16)15(24)14-13(21)6-12(7-22-14)29(26,27)11-4-2-10(3-5-11)28-17(18,19)20/h2-7,25H,8-9,21H2,1H3. The number of pyridine rings is 1. The molecular weight excluding hydrogens is 415 g/mol. The molecule has 2 heterocycles. The third kappa shape index (κ3) is 4.43. The summed E-state index contributed by atoms with van der Waals surface area (Å²) in [5.41, 5.74) is 4.46. The first-order valence-electron chi connectivity index (χ1n) is 8.17. The molecule has 1 amide bonds. The number of aliphatic hydroxyl groups is 1. The second-order valence-electron chi connectivity index (χ2n) is 6.79. The lowest BCUT2D eigenvalue weighted by molar-refractivity contribution is -0.274. The Balaban J connectivity index is 1.83. The van der Waals surface area contributed by atoms with E-state index in [1.54, 1.807) is 6.92 Å². The molecule has 1 aromatic carbocycles. The summed E-state index contributed by atoms with van der Waals surface area (Å²) in [5.74, 6) is -1.12. The molecule has 3 N–H and O–H groups in total. The van der Waals surface area contributed by atoms with E-state index in [0.717, 1.165) is 36.5 Å². The fourth-order valence-electron chi connectivity index (χ4n) is 2.81. The van der Waals surface area contributed by atoms with Gasteiger partial charge in [-0.05, 0) is 37.3 Å². The number of likely N-dealkylation sites (tertiary alicyclic amines) is 1. The highest BCUT2D eigenvalue weighted by atomic mass is 32.2. The number of nitrogen functional groups attached to an aromatic ring is 1. The number of carbonyl (C=O) groups excluding carboxylic acids is 1. The van der Waals surface area contributed by atoms with Crippen molar-refractivity contribution >= 4 is 21.4 Å². The lowest BCUT2D eigenvalue weighted by Crippen LogP contribution is -2.61. The predicted octanol–water partition coefficient (Wildman–Crippen LogP) is 1.60. The third-order valence-electron chi connectivity index (χ3n) is 4.12. The van der Waals surface area contributed by atoms with E-state index >= 15 is 0 Å². The van der Waals surface area contributed by atoms with Gasteiger partial charge in [0.1, 0.15) is 5.75 Å². The quantitative estimate of drug-likeness (QED) is 0.754. The molecule has 1 aromatic heterocycles. The molecule has 0 bridgehead atoms. The molecule has 1 aliphatic heterocycles. The second-order valence-corrected chi connectivity index (χ2v) is 8.74. The Labute approximate surface area is 163 Å². The number of aromatic nitrogens is 1. The van der Waals surface area contributed by atoms with Crippen LogP contribution >= 0.6 is 0 Å². The number of nitrogens with two attached hydrogens (primary N) is 1. The number of alkyl halides is 3. The number of rotatable bonds is 4. The number of halogens is 3. The minimum absolute atomic E-state index is 0.0966. The first kappa shape index (κ1) is 20.9. The number of sulfone groups is 1. The van der Waals surface area contributed by atoms with Gasteiger partial charge in [0.05, 0.1) is 34.2 Å². The van der Waals surface area contributed by atoms with Crippen molar-refractivity contribution in [3.8, 4) is 5.75 Å². The molecule has 1 fully saturated rings. The number of amides is 1. The van der Waals surface area contributed by atoms with Crippen molar-refractivity contribution in [3.63, 3.8) is 0 Å². The zero-order valence-corrected chi connectivity index (χ0v) is 15.8. The normalized spacial score (nSPS) is 16.2. The summed E-state index contributed by atoms with van der Waals surface area (Å²) < 4.78 is 65.7. The smallest absolute Gasteiger partial charge is 0.406 e. The molecule has 0 atom stereocenters. The van der Waals surface area contributed by atoms with E-state index in [9.17, 15) is 31.5 Å². The number of benzene rings is 1. The van der Waals surface area contributed by atoms with E-state index in [4.69, 9.17) is 5.73 Å². The molecule has 8 nitrogen and oxygen atoms in total. The number of anilines is 1. The van der Waals surface area contributed by atoms with Crippen molar-refractivity contribution < 1.29 is 36.2 Å². The summed E-state index contributed by atoms with van der Waals surface area (Å²) in [7, 11) is -4.14. The molecule has 2 aromatic rings. The van der Waals surface area contributed by atoms with Gasteiger partial charge in [-0.1, -0.05) is 0 Å². The average molecular weight is 431 g/mol. The van der Waals surface area contributed by atoms with Gasteiger partial charge in [0.15, 0.2) is 5.69 Å². The van der Waals surface area contributed by atoms with Gasteiger partial charge in [-0.15, -0.1) is 13.2 Å². The van der Waals surface area contributed by atoms with Crippen LogP contribution in [0.3, 0.4) is 0 Å². The van der Waals surface area contributed by atoms with Gasteiger partial charge in [-0.3, -0.25) is 4.79 Å². The molecule has 1 aliphatic rings. The minimum atomic E-state index is -4.90. The largest absolute Gasteiger partial charge is 0.573 e. The Bertz CT molecular complexity index is 1040. The zero-order valence-electron chi connectivity index (χ0n) is 15.0. The lowest BCUT2D eigenvalue weighted by atomic mass is 9.96. The molecular formula is C17H16F3N3O5S. The van der Waals surface area contributed by atoms with Gasteiger partial charge in [0.25, 0.3) is 5.91 Å². The van der Waals surface area contributed by atoms with Crippen LogP contribution in [0.5, 0.6) is 5.75 Å². The molecule has 12 heteroatoms. The minimum Gasteiger partial charge on any atom is -0.406 e. The van der Waals surface area contributed by atoms with E-state index in [0.29, 0.717) is 0 Å². The molecule has 156 valence electrons. The van der Waals surface area contributed by atoms with Gasteiger partial charge >= 0.3 is 6.36 Å². The first-order chi connectivity index (χ1) is 13.3. The molecule has 3 rings (SSSR count). The van der Waals surface area contributed by atoms with Crippen molar-refractivity contribution in [1.82, 2.24) is 9.88 Å². The van der Waals surface area contributed by atoms with Crippen LogP contribution in [0.25, 0.3) is 0 Å². The van der Waals surface area contributed by atoms with Gasteiger partial charge in [0.2, 0.25) is 9.84 Å². The Morgan fingerprint density at radius 2 is 1.83 bits per heavy atom. The second kappa shape index (κ2) is 6.88. The fraction of sp³-hybridized carbons (Fsp3) is 0.294. The number of hydrogen-bond acceptors (Lipinski definition) is 7. The molecule has 29 heavy (non-hydrogen) atoms. The van der Waals surface area contributed by atoms with Crippen LogP contribution in [0.2, 0.25) is 0 Å². The summed E-state index contributed by atoms with van der Waals surface area (Å²) in [5, 5.41) is 9.71. The SMILES string of the molecule is CC1(O)CN(C(=O)c2ncc(S(=O)(=O)c3ccc(OC(F)(F)F)cc3)cc2N)C1. The highest BCUT2D eigenvalue weighted by molar-refractivity contribution is 7.91. The van der Waals surface area contributed by atoms with Crippen LogP contribution in [0.15, 0.2) is 46.3 Å². The van der Waals surface area contributed by atoms with E-state index in [1.807, 2.05) is 0 Å². The summed E-state index contributed by atoms with van der Waals surface area (Å²) in [6.45, 7) is 1.76. The first-order valence-corrected chi connectivity index (χ1v) is 9.65. The van der Waals surface area contributed by atoms with E-state index in [2.05, 4.69) is 9.72 Å². The van der Waals surface area contributed by atoms with Crippen molar-refractivity contribution in [3.05, 3.63) is 42.2 Å². The van der Waals surface area contributed by atoms with Crippen molar-refractivity contribution in [1.29, 1.82) is 0 Å². The Morgan fingerprint density at radius 3 is 2.31 bits per heavy atom. The molecule has 0 unspecified atom stereocenters. The predicted molar refractivity (Wildman–Crippen MR) is 93.8 cm³/mol. The van der Waals surface area contributed by atoms with Crippen molar-refractivity contribution in [2.24, 2.45) is 0 Å². The van der Waals surface area contributed by atoms with Gasteiger partial charge in [-0.2, -0.15) is 0 Å². The van der Waals surface area contributed by atoms with E-state index in [1.165, 1.54) is 4.90 Å². The van der Waals surface area contributed by atoms with Crippen molar-refractivity contribution in [2.75, 3.05) is 18.8 Å². The van der Waals surface area contributed by atoms with Crippen LogP contribution in [-0.2, 0) is 9.84 Å². The summed E-state index contributed by atoms with van der Waals surface area (Å²) in [6, 6.07) is 4.69. The topological polar surface area (TPSA) is 123 Å². The molecule has 0 radical (unpaired) electrons. The number of β-amino-alcohol motifs (C(OH)–C–C–N with tert-alkyl or cyclic N) is 1. The highest BCUT2D eigenvalue weighted by Crippen LogP contribution is 2.28. The molecule has 1 saturated heterocycles. The Hall–Kier alpha value is -2.86. The maximum atomic E-state index is 12.7. The van der Waals surface area contributed by atoms with Crippen LogP contribution < -0.4 is 10.5 Å².